The van der Waals surface area contributed by atoms with Gasteiger partial charge in [0.25, 0.3) is 0 Å². The highest BCUT2D eigenvalue weighted by atomic mass is 127. The van der Waals surface area contributed by atoms with Crippen LogP contribution >= 0.6 is 22.6 Å². The summed E-state index contributed by atoms with van der Waals surface area (Å²) in [4.78, 5) is 0. The zero-order valence-corrected chi connectivity index (χ0v) is 12.8. The quantitative estimate of drug-likeness (QED) is 0.830. The monoisotopic (exact) mass is 372 g/mol. The summed E-state index contributed by atoms with van der Waals surface area (Å²) in [5, 5.41) is 10.4. The number of hydrogen-bond acceptors (Lipinski definition) is 2. The molecule has 4 heteroatoms. The Labute approximate surface area is 125 Å². The molecule has 0 spiro atoms. The van der Waals surface area contributed by atoms with Gasteiger partial charge in [-0.05, 0) is 70.5 Å². The van der Waals surface area contributed by atoms with Crippen LogP contribution in [-0.2, 0) is 0 Å². The molecule has 19 heavy (non-hydrogen) atoms. The predicted molar refractivity (Wildman–Crippen MR) is 80.9 cm³/mol. The third-order valence-electron chi connectivity index (χ3n) is 3.03. The molecule has 0 heterocycles. The fourth-order valence-electron chi connectivity index (χ4n) is 1.97. The maximum absolute atomic E-state index is 13.1. The lowest BCUT2D eigenvalue weighted by Crippen LogP contribution is -2.04. The minimum absolute atomic E-state index is 0.299. The summed E-state index contributed by atoms with van der Waals surface area (Å²) in [6, 6.07) is 9.90. The summed E-state index contributed by atoms with van der Waals surface area (Å²) in [5.74, 6) is 0.453. The molecule has 2 aromatic carbocycles. The van der Waals surface area contributed by atoms with E-state index in [9.17, 15) is 9.50 Å². The molecule has 0 aliphatic heterocycles. The van der Waals surface area contributed by atoms with Gasteiger partial charge in [-0.2, -0.15) is 0 Å². The van der Waals surface area contributed by atoms with Gasteiger partial charge in [0.05, 0.1) is 7.11 Å². The molecule has 1 atom stereocenters. The summed E-state index contributed by atoms with van der Waals surface area (Å²) in [6.45, 7) is 1.91. The first-order valence-corrected chi connectivity index (χ1v) is 6.88. The molecule has 1 unspecified atom stereocenters. The van der Waals surface area contributed by atoms with Gasteiger partial charge in [0, 0.05) is 3.57 Å². The largest absolute Gasteiger partial charge is 0.497 e. The first-order chi connectivity index (χ1) is 9.02. The van der Waals surface area contributed by atoms with Crippen molar-refractivity contribution in [1.29, 1.82) is 0 Å². The van der Waals surface area contributed by atoms with E-state index in [0.29, 0.717) is 9.13 Å². The third kappa shape index (κ3) is 3.06. The number of rotatable bonds is 3. The standard InChI is InChI=1S/C15H14FIO2/c1-9-7-11(19-2)4-6-12(9)15(18)13-5-3-10(16)8-14(13)17/h3-8,15,18H,1-2H3. The van der Waals surface area contributed by atoms with Crippen molar-refractivity contribution < 1.29 is 14.2 Å². The van der Waals surface area contributed by atoms with Crippen LogP contribution in [0.25, 0.3) is 0 Å². The normalized spacial score (nSPS) is 12.3. The summed E-state index contributed by atoms with van der Waals surface area (Å²) >= 11 is 2.03. The van der Waals surface area contributed by atoms with Crippen LogP contribution in [-0.4, -0.2) is 12.2 Å². The Hall–Kier alpha value is -1.14. The van der Waals surface area contributed by atoms with E-state index in [0.717, 1.165) is 16.9 Å². The first kappa shape index (κ1) is 14.3. The van der Waals surface area contributed by atoms with Crippen LogP contribution in [0.2, 0.25) is 0 Å². The van der Waals surface area contributed by atoms with Gasteiger partial charge in [-0.1, -0.05) is 12.1 Å². The number of aliphatic hydroxyl groups excluding tert-OH is 1. The van der Waals surface area contributed by atoms with Crippen molar-refractivity contribution in [3.05, 3.63) is 62.5 Å². The summed E-state index contributed by atoms with van der Waals surface area (Å²) < 4.78 is 18.9. The van der Waals surface area contributed by atoms with E-state index in [4.69, 9.17) is 4.74 Å². The smallest absolute Gasteiger partial charge is 0.124 e. The van der Waals surface area contributed by atoms with E-state index in [1.807, 2.05) is 47.7 Å². The number of hydrogen-bond donors (Lipinski definition) is 1. The third-order valence-corrected chi connectivity index (χ3v) is 3.96. The van der Waals surface area contributed by atoms with Crippen molar-refractivity contribution in [2.24, 2.45) is 0 Å². The van der Waals surface area contributed by atoms with Crippen LogP contribution in [0.15, 0.2) is 36.4 Å². The molecular formula is C15H14FIO2. The van der Waals surface area contributed by atoms with Gasteiger partial charge < -0.3 is 9.84 Å². The molecule has 0 aliphatic carbocycles. The van der Waals surface area contributed by atoms with E-state index in [1.165, 1.54) is 12.1 Å². The van der Waals surface area contributed by atoms with Crippen molar-refractivity contribution in [3.8, 4) is 5.75 Å². The molecule has 100 valence electrons. The first-order valence-electron chi connectivity index (χ1n) is 5.80. The zero-order chi connectivity index (χ0) is 14.0. The van der Waals surface area contributed by atoms with Crippen LogP contribution in [0.3, 0.4) is 0 Å². The van der Waals surface area contributed by atoms with E-state index < -0.39 is 6.10 Å². The molecule has 2 rings (SSSR count). The van der Waals surface area contributed by atoms with Gasteiger partial charge >= 0.3 is 0 Å². The highest BCUT2D eigenvalue weighted by molar-refractivity contribution is 14.1. The number of halogens is 2. The van der Waals surface area contributed by atoms with Crippen LogP contribution < -0.4 is 4.74 Å². The lowest BCUT2D eigenvalue weighted by Gasteiger charge is -2.16. The molecular weight excluding hydrogens is 358 g/mol. The molecule has 0 fully saturated rings. The molecule has 0 bridgehead atoms. The summed E-state index contributed by atoms with van der Waals surface area (Å²) in [5.41, 5.74) is 2.44. The molecule has 2 nitrogen and oxygen atoms in total. The maximum atomic E-state index is 13.1. The van der Waals surface area contributed by atoms with Crippen molar-refractivity contribution in [2.45, 2.75) is 13.0 Å². The minimum atomic E-state index is -0.765. The molecule has 2 aromatic rings. The van der Waals surface area contributed by atoms with Crippen molar-refractivity contribution in [1.82, 2.24) is 0 Å². The molecule has 1 N–H and O–H groups in total. The number of aliphatic hydroxyl groups is 1. The number of aryl methyl sites for hydroxylation is 1. The highest BCUT2D eigenvalue weighted by Gasteiger charge is 2.16. The van der Waals surface area contributed by atoms with E-state index in [2.05, 4.69) is 0 Å². The molecule has 0 aliphatic rings. The van der Waals surface area contributed by atoms with Crippen LogP contribution in [0, 0.1) is 16.3 Å². The molecule has 0 saturated carbocycles. The van der Waals surface area contributed by atoms with Crippen LogP contribution in [0.1, 0.15) is 22.8 Å². The zero-order valence-electron chi connectivity index (χ0n) is 10.7. The average molecular weight is 372 g/mol. The van der Waals surface area contributed by atoms with E-state index >= 15 is 0 Å². The average Bonchev–Trinajstić information content (AvgIpc) is 2.37. The van der Waals surface area contributed by atoms with Gasteiger partial charge in [0.15, 0.2) is 0 Å². The van der Waals surface area contributed by atoms with E-state index in [1.54, 1.807) is 13.2 Å². The molecule has 0 aromatic heterocycles. The molecule has 0 radical (unpaired) electrons. The number of methoxy groups -OCH3 is 1. The Morgan fingerprint density at radius 2 is 1.84 bits per heavy atom. The second kappa shape index (κ2) is 5.88. The second-order valence-corrected chi connectivity index (χ2v) is 5.45. The van der Waals surface area contributed by atoms with Crippen molar-refractivity contribution in [2.75, 3.05) is 7.11 Å². The predicted octanol–water partition coefficient (Wildman–Crippen LogP) is 3.83. The Morgan fingerprint density at radius 3 is 2.42 bits per heavy atom. The SMILES string of the molecule is COc1ccc(C(O)c2ccc(F)cc2I)c(C)c1. The maximum Gasteiger partial charge on any atom is 0.124 e. The Balaban J connectivity index is 2.41. The summed E-state index contributed by atoms with van der Waals surface area (Å²) in [7, 11) is 1.60. The number of ether oxygens (including phenoxy) is 1. The minimum Gasteiger partial charge on any atom is -0.497 e. The Bertz CT molecular complexity index is 599. The van der Waals surface area contributed by atoms with Gasteiger partial charge in [-0.3, -0.25) is 0 Å². The molecule has 0 saturated heterocycles. The number of benzene rings is 2. The van der Waals surface area contributed by atoms with Crippen LogP contribution in [0.4, 0.5) is 4.39 Å². The topological polar surface area (TPSA) is 29.5 Å². The lowest BCUT2D eigenvalue weighted by molar-refractivity contribution is 0.218. The van der Waals surface area contributed by atoms with Crippen molar-refractivity contribution in [3.63, 3.8) is 0 Å². The highest BCUT2D eigenvalue weighted by Crippen LogP contribution is 2.30. The van der Waals surface area contributed by atoms with Crippen LogP contribution in [0.5, 0.6) is 5.75 Å². The fraction of sp³-hybridized carbons (Fsp3) is 0.200. The Kier molecular flexibility index (Phi) is 4.42. The van der Waals surface area contributed by atoms with Gasteiger partial charge in [0.2, 0.25) is 0 Å². The molecule has 0 amide bonds. The fourth-order valence-corrected chi connectivity index (χ4v) is 2.75. The summed E-state index contributed by atoms with van der Waals surface area (Å²) in [6.07, 6.45) is -0.765. The van der Waals surface area contributed by atoms with Gasteiger partial charge in [-0.15, -0.1) is 0 Å². The second-order valence-electron chi connectivity index (χ2n) is 4.29. The van der Waals surface area contributed by atoms with E-state index in [-0.39, 0.29) is 5.82 Å². The van der Waals surface area contributed by atoms with Gasteiger partial charge in [0.1, 0.15) is 17.7 Å². The lowest BCUT2D eigenvalue weighted by atomic mass is 9.97. The Morgan fingerprint density at radius 1 is 1.16 bits per heavy atom. The van der Waals surface area contributed by atoms with Gasteiger partial charge in [-0.25, -0.2) is 4.39 Å². The van der Waals surface area contributed by atoms with Crippen molar-refractivity contribution >= 4 is 22.6 Å².